The maximum absolute atomic E-state index is 14.0. The van der Waals surface area contributed by atoms with Gasteiger partial charge in [0.15, 0.2) is 0 Å². The number of nitrogens with zero attached hydrogens (tertiary/aromatic N) is 2. The van der Waals surface area contributed by atoms with Gasteiger partial charge >= 0.3 is 0 Å². The molecule has 0 aliphatic carbocycles. The highest BCUT2D eigenvalue weighted by Crippen LogP contribution is 2.30. The predicted molar refractivity (Wildman–Crippen MR) is 173 cm³/mol. The fraction of sp³-hybridized carbons (Fsp3) is 0.394. The second kappa shape index (κ2) is 15.8. The van der Waals surface area contributed by atoms with Gasteiger partial charge in [0.05, 0.1) is 24.1 Å². The van der Waals surface area contributed by atoms with Crippen LogP contribution < -0.4 is 14.4 Å². The van der Waals surface area contributed by atoms with E-state index in [0.717, 1.165) is 22.9 Å². The predicted octanol–water partition coefficient (Wildman–Crippen LogP) is 5.62. The molecule has 1 atom stereocenters. The Morgan fingerprint density at radius 1 is 1.00 bits per heavy atom. The number of halogens is 1. The normalized spacial score (nSPS) is 12.1. The maximum atomic E-state index is 14.0. The average molecular weight is 628 g/mol. The van der Waals surface area contributed by atoms with Crippen molar-refractivity contribution in [2.24, 2.45) is 5.92 Å². The molecule has 0 saturated carbocycles. The van der Waals surface area contributed by atoms with E-state index in [0.29, 0.717) is 24.4 Å². The highest BCUT2D eigenvalue weighted by atomic mass is 35.5. The van der Waals surface area contributed by atoms with Crippen molar-refractivity contribution < 1.29 is 22.7 Å². The lowest BCUT2D eigenvalue weighted by Crippen LogP contribution is -2.51. The van der Waals surface area contributed by atoms with Crippen LogP contribution in [0.1, 0.15) is 43.4 Å². The second-order valence-electron chi connectivity index (χ2n) is 11.1. The van der Waals surface area contributed by atoms with Crippen LogP contribution in [0, 0.1) is 12.8 Å². The van der Waals surface area contributed by atoms with E-state index in [1.54, 1.807) is 17.0 Å². The van der Waals surface area contributed by atoms with Crippen molar-refractivity contribution in [3.63, 3.8) is 0 Å². The van der Waals surface area contributed by atoms with E-state index in [9.17, 15) is 18.0 Å². The smallest absolute Gasteiger partial charge is 0.243 e. The van der Waals surface area contributed by atoms with E-state index in [1.165, 1.54) is 17.5 Å². The Hall–Kier alpha value is -3.56. The summed E-state index contributed by atoms with van der Waals surface area (Å²) < 4.78 is 31.9. The molecular formula is C33H42ClN3O5S. The van der Waals surface area contributed by atoms with Crippen LogP contribution in [0.2, 0.25) is 5.02 Å². The van der Waals surface area contributed by atoms with Crippen molar-refractivity contribution >= 4 is 39.1 Å². The van der Waals surface area contributed by atoms with E-state index in [2.05, 4.69) is 5.32 Å². The summed E-state index contributed by atoms with van der Waals surface area (Å²) in [5.41, 5.74) is 3.28. The molecule has 3 rings (SSSR count). The fourth-order valence-electron chi connectivity index (χ4n) is 4.76. The number of hydrogen-bond donors (Lipinski definition) is 1. The minimum absolute atomic E-state index is 0.0462. The van der Waals surface area contributed by atoms with Gasteiger partial charge in [0.25, 0.3) is 0 Å². The quantitative estimate of drug-likeness (QED) is 0.236. The Kier molecular flexibility index (Phi) is 12.5. The third-order valence-electron chi connectivity index (χ3n) is 7.13. The maximum Gasteiger partial charge on any atom is 0.243 e. The Labute approximate surface area is 261 Å². The van der Waals surface area contributed by atoms with Gasteiger partial charge in [-0.05, 0) is 54.2 Å². The number of ether oxygens (including phenoxy) is 1. The summed E-state index contributed by atoms with van der Waals surface area (Å²) in [6.07, 6.45) is 1.75. The van der Waals surface area contributed by atoms with Gasteiger partial charge in [-0.1, -0.05) is 80.0 Å². The fourth-order valence-corrected chi connectivity index (χ4v) is 5.97. The number of benzene rings is 3. The number of aryl methyl sites for hydroxylation is 1. The van der Waals surface area contributed by atoms with Crippen molar-refractivity contribution in [1.29, 1.82) is 0 Å². The molecule has 0 bridgehead atoms. The summed E-state index contributed by atoms with van der Waals surface area (Å²) in [7, 11) is -2.18. The topological polar surface area (TPSA) is 96.0 Å². The monoisotopic (exact) mass is 627 g/mol. The van der Waals surface area contributed by atoms with Crippen LogP contribution in [-0.2, 0) is 32.6 Å². The minimum Gasteiger partial charge on any atom is -0.495 e. The lowest BCUT2D eigenvalue weighted by molar-refractivity contribution is -0.141. The summed E-state index contributed by atoms with van der Waals surface area (Å²) in [5.74, 6) is 0.228. The number of anilines is 1. The summed E-state index contributed by atoms with van der Waals surface area (Å²) in [6.45, 7) is 6.83. The number of sulfonamides is 1. The van der Waals surface area contributed by atoms with Crippen LogP contribution in [0.25, 0.3) is 0 Å². The zero-order chi connectivity index (χ0) is 31.6. The van der Waals surface area contributed by atoms with Crippen LogP contribution in [0.3, 0.4) is 0 Å². The summed E-state index contributed by atoms with van der Waals surface area (Å²) >= 11 is 6.27. The summed E-state index contributed by atoms with van der Waals surface area (Å²) in [4.78, 5) is 29.3. The lowest BCUT2D eigenvalue weighted by Gasteiger charge is -2.32. The van der Waals surface area contributed by atoms with E-state index in [4.69, 9.17) is 16.3 Å². The Morgan fingerprint density at radius 2 is 1.67 bits per heavy atom. The van der Waals surface area contributed by atoms with Crippen LogP contribution in [-0.4, -0.2) is 57.6 Å². The first-order chi connectivity index (χ1) is 20.4. The van der Waals surface area contributed by atoms with Crippen molar-refractivity contribution in [3.8, 4) is 5.75 Å². The molecule has 0 aliphatic rings. The van der Waals surface area contributed by atoms with Crippen LogP contribution in [0.15, 0.2) is 72.8 Å². The molecule has 232 valence electrons. The average Bonchev–Trinajstić information content (AvgIpc) is 2.96. The third-order valence-corrected chi connectivity index (χ3v) is 8.62. The van der Waals surface area contributed by atoms with Crippen LogP contribution in [0.5, 0.6) is 5.75 Å². The molecule has 43 heavy (non-hydrogen) atoms. The number of nitrogens with one attached hydrogen (secondary N) is 1. The molecule has 1 N–H and O–H groups in total. The molecule has 3 aromatic carbocycles. The molecule has 0 heterocycles. The molecule has 2 amide bonds. The Bertz CT molecular complexity index is 1480. The number of methoxy groups -OCH3 is 1. The molecule has 0 aliphatic heterocycles. The largest absolute Gasteiger partial charge is 0.495 e. The Morgan fingerprint density at radius 3 is 2.28 bits per heavy atom. The lowest BCUT2D eigenvalue weighted by atomic mass is 10.0. The molecule has 10 heteroatoms. The van der Waals surface area contributed by atoms with Crippen LogP contribution >= 0.6 is 11.6 Å². The standard InChI is InChI=1S/C33H42ClN3O5S/c1-24(2)22-35-33(39)30(20-26-13-7-6-8-14-26)36(23-27-15-10-9-12-25(27)3)32(38)16-11-19-37(43(5,40)41)28-17-18-31(42-4)29(34)21-28/h6-10,12-15,17-18,21,24,30H,11,16,19-20,22-23H2,1-5H3,(H,35,39). The van der Waals surface area contributed by atoms with E-state index >= 15 is 0 Å². The van der Waals surface area contributed by atoms with Crippen LogP contribution in [0.4, 0.5) is 5.69 Å². The molecular weight excluding hydrogens is 586 g/mol. The highest BCUT2D eigenvalue weighted by Gasteiger charge is 2.31. The van der Waals surface area contributed by atoms with E-state index in [1.807, 2.05) is 75.4 Å². The number of amides is 2. The first kappa shape index (κ1) is 33.9. The van der Waals surface area contributed by atoms with Crippen molar-refractivity contribution in [3.05, 3.63) is 94.5 Å². The second-order valence-corrected chi connectivity index (χ2v) is 13.4. The van der Waals surface area contributed by atoms with Gasteiger partial charge in [-0.15, -0.1) is 0 Å². The SMILES string of the molecule is COc1ccc(N(CCCC(=O)N(Cc2ccccc2C)C(Cc2ccccc2)C(=O)NCC(C)C)S(C)(=O)=O)cc1Cl. The highest BCUT2D eigenvalue weighted by molar-refractivity contribution is 7.92. The zero-order valence-electron chi connectivity index (χ0n) is 25.5. The Balaban J connectivity index is 1.89. The van der Waals surface area contributed by atoms with Gasteiger partial charge in [-0.2, -0.15) is 0 Å². The first-order valence-electron chi connectivity index (χ1n) is 14.4. The van der Waals surface area contributed by atoms with Gasteiger partial charge < -0.3 is 15.0 Å². The number of carbonyl (C=O) groups excluding carboxylic acids is 2. The molecule has 0 fully saturated rings. The first-order valence-corrected chi connectivity index (χ1v) is 16.6. The number of carbonyl (C=O) groups is 2. The van der Waals surface area contributed by atoms with Crippen molar-refractivity contribution in [2.45, 2.75) is 52.6 Å². The van der Waals surface area contributed by atoms with Gasteiger partial charge in [-0.25, -0.2) is 8.42 Å². The summed E-state index contributed by atoms with van der Waals surface area (Å²) in [6, 6.07) is 21.4. The van der Waals surface area contributed by atoms with Crippen molar-refractivity contribution in [2.75, 3.05) is 30.8 Å². The molecule has 0 saturated heterocycles. The molecule has 0 aromatic heterocycles. The van der Waals surface area contributed by atoms with E-state index in [-0.39, 0.29) is 48.7 Å². The van der Waals surface area contributed by atoms with Gasteiger partial charge in [-0.3, -0.25) is 13.9 Å². The molecule has 0 radical (unpaired) electrons. The third kappa shape index (κ3) is 10.0. The van der Waals surface area contributed by atoms with Crippen molar-refractivity contribution in [1.82, 2.24) is 10.2 Å². The van der Waals surface area contributed by atoms with Gasteiger partial charge in [0.1, 0.15) is 11.8 Å². The zero-order valence-corrected chi connectivity index (χ0v) is 27.1. The van der Waals surface area contributed by atoms with Gasteiger partial charge in [0.2, 0.25) is 21.8 Å². The molecule has 8 nitrogen and oxygen atoms in total. The van der Waals surface area contributed by atoms with E-state index < -0.39 is 16.1 Å². The minimum atomic E-state index is -3.67. The number of hydrogen-bond acceptors (Lipinski definition) is 5. The molecule has 3 aromatic rings. The number of rotatable bonds is 15. The molecule has 1 unspecified atom stereocenters. The molecule has 0 spiro atoms. The van der Waals surface area contributed by atoms with Gasteiger partial charge in [0, 0.05) is 32.5 Å². The summed E-state index contributed by atoms with van der Waals surface area (Å²) in [5, 5.41) is 3.31.